The minimum atomic E-state index is -0.694. The Labute approximate surface area is 170 Å². The summed E-state index contributed by atoms with van der Waals surface area (Å²) in [6.45, 7) is 10.7. The molecular weight excluding hydrogens is 352 g/mol. The smallest absolute Gasteiger partial charge is 0.303 e. The lowest BCUT2D eigenvalue weighted by Gasteiger charge is -2.49. The highest BCUT2D eigenvalue weighted by atomic mass is 16.5. The Morgan fingerprint density at radius 1 is 1.14 bits per heavy atom. The van der Waals surface area contributed by atoms with Crippen molar-refractivity contribution in [1.29, 1.82) is 0 Å². The summed E-state index contributed by atoms with van der Waals surface area (Å²) < 4.78 is 5.55. The molecule has 158 valence electrons. The molecule has 0 bridgehead atoms. The van der Waals surface area contributed by atoms with Gasteiger partial charge in [0.1, 0.15) is 6.10 Å². The molecule has 3 aliphatic carbocycles. The van der Waals surface area contributed by atoms with E-state index in [0.717, 1.165) is 38.5 Å². The van der Waals surface area contributed by atoms with Crippen molar-refractivity contribution in [2.75, 3.05) is 0 Å². The summed E-state index contributed by atoms with van der Waals surface area (Å²) in [7, 11) is 0. The van der Waals surface area contributed by atoms with E-state index >= 15 is 0 Å². The number of carboxylic acid groups (broad SMARTS) is 1. The van der Waals surface area contributed by atoms with Crippen LogP contribution in [0.25, 0.3) is 0 Å². The fraction of sp³-hybridized carbons (Fsp3) is 0.833. The number of hydrogen-bond acceptors (Lipinski definition) is 3. The Balaban J connectivity index is 1.75. The normalized spacial score (nSPS) is 41.6. The number of allylic oxidation sites excluding steroid dienone is 1. The molecule has 4 heteroatoms. The monoisotopic (exact) mass is 390 g/mol. The van der Waals surface area contributed by atoms with Gasteiger partial charge in [-0.2, -0.15) is 0 Å². The lowest BCUT2D eigenvalue weighted by Crippen LogP contribution is -2.41. The molecule has 0 saturated heterocycles. The van der Waals surface area contributed by atoms with Crippen molar-refractivity contribution < 1.29 is 19.4 Å². The maximum atomic E-state index is 11.4. The number of hydrogen-bond donors (Lipinski definition) is 1. The molecule has 0 heterocycles. The van der Waals surface area contributed by atoms with E-state index in [9.17, 15) is 14.7 Å². The van der Waals surface area contributed by atoms with Gasteiger partial charge >= 0.3 is 11.9 Å². The van der Waals surface area contributed by atoms with Crippen LogP contribution in [0.2, 0.25) is 0 Å². The molecule has 0 aliphatic heterocycles. The molecule has 1 N–H and O–H groups in total. The minimum absolute atomic E-state index is 0.0801. The third kappa shape index (κ3) is 4.31. The first kappa shape index (κ1) is 21.4. The van der Waals surface area contributed by atoms with E-state index in [4.69, 9.17) is 4.74 Å². The number of fused-ring (bicyclic) bond motifs is 3. The largest absolute Gasteiger partial charge is 0.481 e. The zero-order valence-corrected chi connectivity index (χ0v) is 17.9. The van der Waals surface area contributed by atoms with Crippen LogP contribution in [0.15, 0.2) is 12.2 Å². The number of carbonyl (C=O) groups is 2. The first-order valence-corrected chi connectivity index (χ1v) is 11.3. The predicted octanol–water partition coefficient (Wildman–Crippen LogP) is 5.61. The second kappa shape index (κ2) is 8.59. The van der Waals surface area contributed by atoms with Crippen molar-refractivity contribution in [3.63, 3.8) is 0 Å². The highest BCUT2D eigenvalue weighted by Gasteiger charge is 2.54. The lowest BCUT2D eigenvalue weighted by molar-refractivity contribution is -0.147. The zero-order valence-electron chi connectivity index (χ0n) is 17.9. The summed E-state index contributed by atoms with van der Waals surface area (Å²) in [5.74, 6) is 1.87. The van der Waals surface area contributed by atoms with Crippen LogP contribution in [0, 0.1) is 35.0 Å². The molecule has 0 spiro atoms. The van der Waals surface area contributed by atoms with Gasteiger partial charge in [-0.05, 0) is 86.4 Å². The maximum absolute atomic E-state index is 11.4. The van der Waals surface area contributed by atoms with Crippen molar-refractivity contribution in [2.24, 2.45) is 35.0 Å². The standard InChI is InChI=1S/C24H38O4/c1-15-9-10-19(28-17(3)25)7-5-6-8-21-20(15)11-12-24(4)16(2)18(13-22(21)24)14-23(26)27/h15,18-22H,2,5-14H2,1,3-4H3,(H,26,27)/t15-,18?,19-,20?,21?,22?,24+/m0/s1. The van der Waals surface area contributed by atoms with Gasteiger partial charge in [0.2, 0.25) is 0 Å². The average Bonchev–Trinajstić information content (AvgIpc) is 2.86. The third-order valence-corrected chi connectivity index (χ3v) is 8.39. The SMILES string of the molecule is C=C1C(CC(=O)O)CC2C3CCCC[C@H](OC(C)=O)CC[C@H](C)C3CC[C@]12C. The number of carbonyl (C=O) groups excluding carboxylic acids is 1. The van der Waals surface area contributed by atoms with Gasteiger partial charge in [0.25, 0.3) is 0 Å². The molecule has 7 atom stereocenters. The molecule has 4 nitrogen and oxygen atoms in total. The number of ether oxygens (including phenoxy) is 1. The van der Waals surface area contributed by atoms with Crippen LogP contribution in [0.1, 0.15) is 85.0 Å². The van der Waals surface area contributed by atoms with Crippen molar-refractivity contribution >= 4 is 11.9 Å². The summed E-state index contributed by atoms with van der Waals surface area (Å²) in [5.41, 5.74) is 1.32. The van der Waals surface area contributed by atoms with Crippen LogP contribution in [0.3, 0.4) is 0 Å². The van der Waals surface area contributed by atoms with Crippen molar-refractivity contribution in [3.05, 3.63) is 12.2 Å². The Hall–Kier alpha value is -1.32. The van der Waals surface area contributed by atoms with Gasteiger partial charge in [0.15, 0.2) is 0 Å². The van der Waals surface area contributed by atoms with Crippen LogP contribution in [-0.4, -0.2) is 23.1 Å². The Bertz CT molecular complexity index is 612. The second-order valence-corrected chi connectivity index (χ2v) is 10.0. The zero-order chi connectivity index (χ0) is 20.5. The molecular formula is C24H38O4. The molecule has 0 amide bonds. The molecule has 28 heavy (non-hydrogen) atoms. The molecule has 3 rings (SSSR count). The summed E-state index contributed by atoms with van der Waals surface area (Å²) in [6, 6.07) is 0. The van der Waals surface area contributed by atoms with Crippen LogP contribution >= 0.6 is 0 Å². The Morgan fingerprint density at radius 3 is 2.54 bits per heavy atom. The Morgan fingerprint density at radius 2 is 1.86 bits per heavy atom. The minimum Gasteiger partial charge on any atom is -0.481 e. The molecule has 0 radical (unpaired) electrons. The first-order chi connectivity index (χ1) is 13.2. The molecule has 0 aromatic carbocycles. The second-order valence-electron chi connectivity index (χ2n) is 10.0. The first-order valence-electron chi connectivity index (χ1n) is 11.3. The van der Waals surface area contributed by atoms with Crippen LogP contribution in [0.4, 0.5) is 0 Å². The molecule has 3 saturated carbocycles. The summed E-state index contributed by atoms with van der Waals surface area (Å²) in [6.07, 6.45) is 10.2. The van der Waals surface area contributed by atoms with Gasteiger partial charge in [-0.3, -0.25) is 9.59 Å². The lowest BCUT2D eigenvalue weighted by atomic mass is 9.56. The van der Waals surface area contributed by atoms with E-state index < -0.39 is 5.97 Å². The van der Waals surface area contributed by atoms with E-state index in [1.54, 1.807) is 0 Å². The van der Waals surface area contributed by atoms with Crippen molar-refractivity contribution in [2.45, 2.75) is 91.1 Å². The van der Waals surface area contributed by atoms with Gasteiger partial charge in [-0.1, -0.05) is 32.4 Å². The maximum Gasteiger partial charge on any atom is 0.303 e. The quantitative estimate of drug-likeness (QED) is 0.503. The molecule has 4 unspecified atom stereocenters. The molecule has 0 aromatic heterocycles. The molecule has 0 aromatic rings. The van der Waals surface area contributed by atoms with Crippen molar-refractivity contribution in [3.8, 4) is 0 Å². The van der Waals surface area contributed by atoms with E-state index in [-0.39, 0.29) is 29.8 Å². The van der Waals surface area contributed by atoms with Gasteiger partial charge in [0, 0.05) is 6.92 Å². The van der Waals surface area contributed by atoms with Gasteiger partial charge in [0.05, 0.1) is 6.42 Å². The van der Waals surface area contributed by atoms with Gasteiger partial charge < -0.3 is 9.84 Å². The molecule has 3 aliphatic rings. The highest BCUT2D eigenvalue weighted by Crippen LogP contribution is 2.63. The van der Waals surface area contributed by atoms with Crippen LogP contribution in [0.5, 0.6) is 0 Å². The summed E-state index contributed by atoms with van der Waals surface area (Å²) in [4.78, 5) is 22.8. The fourth-order valence-corrected chi connectivity index (χ4v) is 6.84. The fourth-order valence-electron chi connectivity index (χ4n) is 6.84. The van der Waals surface area contributed by atoms with Crippen LogP contribution < -0.4 is 0 Å². The molecule has 3 fully saturated rings. The predicted molar refractivity (Wildman–Crippen MR) is 110 cm³/mol. The summed E-state index contributed by atoms with van der Waals surface area (Å²) >= 11 is 0. The van der Waals surface area contributed by atoms with Gasteiger partial charge in [-0.25, -0.2) is 0 Å². The number of esters is 1. The van der Waals surface area contributed by atoms with E-state index in [1.807, 2.05) is 0 Å². The highest BCUT2D eigenvalue weighted by molar-refractivity contribution is 5.68. The van der Waals surface area contributed by atoms with E-state index in [2.05, 4.69) is 20.4 Å². The summed E-state index contributed by atoms with van der Waals surface area (Å²) in [5, 5.41) is 9.34. The van der Waals surface area contributed by atoms with Crippen molar-refractivity contribution in [1.82, 2.24) is 0 Å². The van der Waals surface area contributed by atoms with E-state index in [1.165, 1.54) is 31.8 Å². The third-order valence-electron chi connectivity index (χ3n) is 8.39. The topological polar surface area (TPSA) is 63.6 Å². The number of rotatable bonds is 3. The number of aliphatic carboxylic acids is 1. The number of carboxylic acids is 1. The van der Waals surface area contributed by atoms with Gasteiger partial charge in [-0.15, -0.1) is 0 Å². The van der Waals surface area contributed by atoms with Crippen LogP contribution in [-0.2, 0) is 14.3 Å². The van der Waals surface area contributed by atoms with E-state index in [0.29, 0.717) is 23.7 Å². The average molecular weight is 391 g/mol. The Kier molecular flexibility index (Phi) is 6.56.